The Labute approximate surface area is 184 Å². The molecule has 2 aromatic heterocycles. The number of primary sulfonamides is 1. The molecule has 0 fully saturated rings. The fraction of sp³-hybridized carbons (Fsp3) is 0.312. The molecule has 29 heavy (non-hydrogen) atoms. The van der Waals surface area contributed by atoms with Crippen molar-refractivity contribution in [3.63, 3.8) is 0 Å². The van der Waals surface area contributed by atoms with E-state index in [2.05, 4.69) is 37.5 Å². The standard InChI is InChI=1S/C16H17IN6O4S2/c17-9-6-10-11(27-4-3-26-10)7-12(9)28-16-22-13-14(18)20-8-21-15(13)23(16)2-1-5-29(19,24)25/h6-8H,1-5H2,(H2,18,20,21)(H2,19,24,25). The number of aromatic nitrogens is 4. The molecule has 0 amide bonds. The van der Waals surface area contributed by atoms with E-state index in [1.165, 1.54) is 18.1 Å². The van der Waals surface area contributed by atoms with E-state index in [1.807, 2.05) is 16.7 Å². The van der Waals surface area contributed by atoms with Gasteiger partial charge in [-0.3, -0.25) is 0 Å². The van der Waals surface area contributed by atoms with Gasteiger partial charge < -0.3 is 19.8 Å². The second-order valence-electron chi connectivity index (χ2n) is 6.23. The van der Waals surface area contributed by atoms with Crippen molar-refractivity contribution in [2.24, 2.45) is 5.14 Å². The predicted molar refractivity (Wildman–Crippen MR) is 117 cm³/mol. The number of aryl methyl sites for hydroxylation is 1. The first-order valence-electron chi connectivity index (χ1n) is 8.56. The molecule has 0 bridgehead atoms. The highest BCUT2D eigenvalue weighted by Crippen LogP contribution is 2.40. The highest BCUT2D eigenvalue weighted by atomic mass is 127. The summed E-state index contributed by atoms with van der Waals surface area (Å²) in [4.78, 5) is 13.8. The highest BCUT2D eigenvalue weighted by Gasteiger charge is 2.20. The van der Waals surface area contributed by atoms with Gasteiger partial charge in [0.05, 0.1) is 5.75 Å². The number of hydrogen-bond donors (Lipinski definition) is 2. The third kappa shape index (κ3) is 4.51. The molecule has 0 unspecified atom stereocenters. The van der Waals surface area contributed by atoms with E-state index < -0.39 is 10.0 Å². The minimum absolute atomic E-state index is 0.140. The van der Waals surface area contributed by atoms with E-state index >= 15 is 0 Å². The van der Waals surface area contributed by atoms with Crippen molar-refractivity contribution in [1.82, 2.24) is 19.5 Å². The number of nitrogens with zero attached hydrogens (tertiary/aromatic N) is 4. The Balaban J connectivity index is 1.71. The molecule has 0 atom stereocenters. The molecule has 3 aromatic rings. The summed E-state index contributed by atoms with van der Waals surface area (Å²) in [5, 5.41) is 5.75. The number of imidazole rings is 1. The lowest BCUT2D eigenvalue weighted by atomic mass is 10.3. The monoisotopic (exact) mass is 548 g/mol. The first-order valence-corrected chi connectivity index (χ1v) is 12.2. The summed E-state index contributed by atoms with van der Waals surface area (Å²) in [6.07, 6.45) is 1.68. The number of halogens is 1. The van der Waals surface area contributed by atoms with Crippen molar-refractivity contribution in [1.29, 1.82) is 0 Å². The van der Waals surface area contributed by atoms with Crippen LogP contribution in [0.15, 0.2) is 28.5 Å². The zero-order valence-electron chi connectivity index (χ0n) is 15.0. The Morgan fingerprint density at radius 2 is 1.93 bits per heavy atom. The number of ether oxygens (including phenoxy) is 2. The Morgan fingerprint density at radius 1 is 1.21 bits per heavy atom. The maximum Gasteiger partial charge on any atom is 0.209 e. The molecule has 1 aliphatic rings. The van der Waals surface area contributed by atoms with Crippen LogP contribution in [0.4, 0.5) is 5.82 Å². The summed E-state index contributed by atoms with van der Waals surface area (Å²) in [6, 6.07) is 3.82. The Morgan fingerprint density at radius 3 is 2.66 bits per heavy atom. The molecule has 0 saturated heterocycles. The van der Waals surface area contributed by atoms with Crippen molar-refractivity contribution < 1.29 is 17.9 Å². The van der Waals surface area contributed by atoms with E-state index in [0.717, 1.165) is 8.47 Å². The first-order chi connectivity index (χ1) is 13.8. The maximum absolute atomic E-state index is 11.3. The third-order valence-electron chi connectivity index (χ3n) is 4.13. The zero-order chi connectivity index (χ0) is 20.6. The van der Waals surface area contributed by atoms with Gasteiger partial charge in [0.2, 0.25) is 10.0 Å². The van der Waals surface area contributed by atoms with Crippen LogP contribution in [0.25, 0.3) is 11.2 Å². The molecule has 1 aromatic carbocycles. The van der Waals surface area contributed by atoms with Crippen LogP contribution < -0.4 is 20.3 Å². The van der Waals surface area contributed by atoms with Gasteiger partial charge in [-0.2, -0.15) is 0 Å². The topological polar surface area (TPSA) is 148 Å². The Hall–Kier alpha value is -1.84. The van der Waals surface area contributed by atoms with E-state index in [9.17, 15) is 8.42 Å². The number of sulfonamides is 1. The van der Waals surface area contributed by atoms with Crippen molar-refractivity contribution in [2.45, 2.75) is 23.0 Å². The molecule has 154 valence electrons. The molecule has 0 aliphatic carbocycles. The molecule has 1 aliphatic heterocycles. The fourth-order valence-electron chi connectivity index (χ4n) is 2.86. The van der Waals surface area contributed by atoms with Gasteiger partial charge in [0.15, 0.2) is 33.6 Å². The number of rotatable bonds is 6. The van der Waals surface area contributed by atoms with Gasteiger partial charge in [-0.1, -0.05) is 11.8 Å². The molecule has 10 nitrogen and oxygen atoms in total. The van der Waals surface area contributed by atoms with Crippen LogP contribution in [-0.4, -0.2) is 46.9 Å². The van der Waals surface area contributed by atoms with Crippen molar-refractivity contribution in [3.05, 3.63) is 22.0 Å². The maximum atomic E-state index is 11.3. The normalized spacial score (nSPS) is 13.7. The molecule has 3 heterocycles. The molecule has 4 N–H and O–H groups in total. The molecular weight excluding hydrogens is 531 g/mol. The summed E-state index contributed by atoms with van der Waals surface area (Å²) in [6.45, 7) is 1.39. The Bertz CT molecular complexity index is 1180. The van der Waals surface area contributed by atoms with E-state index in [-0.39, 0.29) is 11.6 Å². The number of nitrogen functional groups attached to an aromatic ring is 1. The van der Waals surface area contributed by atoms with Crippen LogP contribution in [0.1, 0.15) is 6.42 Å². The average molecular weight is 548 g/mol. The second kappa shape index (κ2) is 8.12. The number of anilines is 1. The van der Waals surface area contributed by atoms with Gasteiger partial charge in [0.25, 0.3) is 0 Å². The van der Waals surface area contributed by atoms with E-state index in [4.69, 9.17) is 20.3 Å². The smallest absolute Gasteiger partial charge is 0.209 e. The highest BCUT2D eigenvalue weighted by molar-refractivity contribution is 14.1. The summed E-state index contributed by atoms with van der Waals surface area (Å²) < 4.78 is 36.7. The summed E-state index contributed by atoms with van der Waals surface area (Å²) in [5.74, 6) is 1.51. The first kappa shape index (κ1) is 20.4. The quantitative estimate of drug-likeness (QED) is 0.439. The van der Waals surface area contributed by atoms with Gasteiger partial charge in [-0.15, -0.1) is 0 Å². The van der Waals surface area contributed by atoms with Crippen LogP contribution >= 0.6 is 34.4 Å². The number of fused-ring (bicyclic) bond motifs is 2. The molecule has 0 spiro atoms. The third-order valence-corrected chi connectivity index (χ3v) is 7.30. The van der Waals surface area contributed by atoms with Crippen LogP contribution in [0.2, 0.25) is 0 Å². The van der Waals surface area contributed by atoms with Crippen LogP contribution in [0.3, 0.4) is 0 Å². The predicted octanol–water partition coefficient (Wildman–Crippen LogP) is 1.61. The molecule has 0 radical (unpaired) electrons. The zero-order valence-corrected chi connectivity index (χ0v) is 18.8. The largest absolute Gasteiger partial charge is 0.486 e. The van der Waals surface area contributed by atoms with Crippen molar-refractivity contribution in [2.75, 3.05) is 24.7 Å². The van der Waals surface area contributed by atoms with Crippen LogP contribution in [0, 0.1) is 3.57 Å². The SMILES string of the molecule is Nc1ncnc2c1nc(Sc1cc3c(cc1I)OCCO3)n2CCCS(N)(=O)=O. The molecule has 13 heteroatoms. The van der Waals surface area contributed by atoms with Crippen LogP contribution in [-0.2, 0) is 16.6 Å². The molecule has 4 rings (SSSR count). The lowest BCUT2D eigenvalue weighted by molar-refractivity contribution is 0.171. The van der Waals surface area contributed by atoms with Gasteiger partial charge in [-0.25, -0.2) is 28.5 Å². The minimum Gasteiger partial charge on any atom is -0.486 e. The van der Waals surface area contributed by atoms with Gasteiger partial charge in [0.1, 0.15) is 19.5 Å². The number of nitrogens with two attached hydrogens (primary N) is 2. The van der Waals surface area contributed by atoms with E-state index in [0.29, 0.717) is 54.0 Å². The average Bonchev–Trinajstić information content (AvgIpc) is 3.00. The summed E-state index contributed by atoms with van der Waals surface area (Å²) in [5.41, 5.74) is 6.97. The Kier molecular flexibility index (Phi) is 5.72. The fourth-order valence-corrected chi connectivity index (χ4v) is 5.10. The lowest BCUT2D eigenvalue weighted by Crippen LogP contribution is -2.18. The van der Waals surface area contributed by atoms with E-state index in [1.54, 1.807) is 0 Å². The summed E-state index contributed by atoms with van der Waals surface area (Å²) >= 11 is 3.64. The van der Waals surface area contributed by atoms with Gasteiger partial charge in [0, 0.05) is 15.0 Å². The van der Waals surface area contributed by atoms with Gasteiger partial charge >= 0.3 is 0 Å². The van der Waals surface area contributed by atoms with Crippen molar-refractivity contribution >= 4 is 61.4 Å². The van der Waals surface area contributed by atoms with Crippen molar-refractivity contribution in [3.8, 4) is 11.5 Å². The second-order valence-corrected chi connectivity index (χ2v) is 10.1. The number of hydrogen-bond acceptors (Lipinski definition) is 9. The summed E-state index contributed by atoms with van der Waals surface area (Å²) in [7, 11) is -3.56. The number of benzene rings is 1. The molecular formula is C16H17IN6O4S2. The van der Waals surface area contributed by atoms with Gasteiger partial charge in [-0.05, 0) is 41.1 Å². The molecule has 0 saturated carbocycles. The minimum atomic E-state index is -3.56. The lowest BCUT2D eigenvalue weighted by Gasteiger charge is -2.19. The van der Waals surface area contributed by atoms with Crippen LogP contribution in [0.5, 0.6) is 11.5 Å².